The summed E-state index contributed by atoms with van der Waals surface area (Å²) in [7, 11) is 0. The Balaban J connectivity index is 2.07. The summed E-state index contributed by atoms with van der Waals surface area (Å²) in [5.74, 6) is -0.799. The summed E-state index contributed by atoms with van der Waals surface area (Å²) >= 11 is 0. The van der Waals surface area contributed by atoms with E-state index in [9.17, 15) is 8.78 Å². The van der Waals surface area contributed by atoms with Gasteiger partial charge in [0.05, 0.1) is 0 Å². The first-order valence-corrected chi connectivity index (χ1v) is 6.31. The Hall–Kier alpha value is -1.74. The number of benzene rings is 2. The van der Waals surface area contributed by atoms with Crippen molar-refractivity contribution in [2.24, 2.45) is 0 Å². The minimum Gasteiger partial charge on any atom is -0.306 e. The molecule has 0 aliphatic rings. The Labute approximate surface area is 112 Å². The van der Waals surface area contributed by atoms with Crippen LogP contribution < -0.4 is 5.32 Å². The lowest BCUT2D eigenvalue weighted by Crippen LogP contribution is -2.19. The van der Waals surface area contributed by atoms with E-state index in [0.29, 0.717) is 12.1 Å². The number of hydrogen-bond donors (Lipinski definition) is 1. The lowest BCUT2D eigenvalue weighted by molar-refractivity contribution is 0.518. The van der Waals surface area contributed by atoms with Crippen LogP contribution in [0.2, 0.25) is 0 Å². The molecule has 1 N–H and O–H groups in total. The molecule has 19 heavy (non-hydrogen) atoms. The maximum absolute atomic E-state index is 13.6. The largest absolute Gasteiger partial charge is 0.306 e. The van der Waals surface area contributed by atoms with E-state index in [0.717, 1.165) is 17.7 Å². The van der Waals surface area contributed by atoms with Gasteiger partial charge in [-0.15, -0.1) is 0 Å². The van der Waals surface area contributed by atoms with Crippen molar-refractivity contribution in [3.63, 3.8) is 0 Å². The molecule has 0 aliphatic carbocycles. The lowest BCUT2D eigenvalue weighted by atomic mass is 10.1. The molecular formula is C16H17F2N. The predicted octanol–water partition coefficient (Wildman–Crippen LogP) is 4.12. The van der Waals surface area contributed by atoms with Crippen LogP contribution in [0.4, 0.5) is 8.78 Å². The maximum atomic E-state index is 13.6. The molecule has 100 valence electrons. The molecule has 1 unspecified atom stereocenters. The minimum atomic E-state index is -0.416. The van der Waals surface area contributed by atoms with E-state index in [4.69, 9.17) is 0 Å². The third-order valence-electron chi connectivity index (χ3n) is 3.28. The highest BCUT2D eigenvalue weighted by Crippen LogP contribution is 2.19. The van der Waals surface area contributed by atoms with Gasteiger partial charge in [-0.3, -0.25) is 0 Å². The van der Waals surface area contributed by atoms with Gasteiger partial charge >= 0.3 is 0 Å². The molecule has 0 heterocycles. The number of nitrogens with one attached hydrogen (secondary N) is 1. The number of rotatable bonds is 4. The van der Waals surface area contributed by atoms with E-state index < -0.39 is 5.82 Å². The van der Waals surface area contributed by atoms with Gasteiger partial charge in [0.15, 0.2) is 0 Å². The Morgan fingerprint density at radius 2 is 1.84 bits per heavy atom. The standard InChI is InChI=1S/C16H17F2N/c1-11-5-3-4-6-13(11)10-19-12(2)15-9-14(17)7-8-16(15)18/h3-9,12,19H,10H2,1-2H3. The second kappa shape index (κ2) is 5.93. The molecule has 0 bridgehead atoms. The van der Waals surface area contributed by atoms with Gasteiger partial charge < -0.3 is 5.32 Å². The first-order chi connectivity index (χ1) is 9.08. The summed E-state index contributed by atoms with van der Waals surface area (Å²) in [6.45, 7) is 4.49. The number of halogens is 2. The topological polar surface area (TPSA) is 12.0 Å². The Kier molecular flexibility index (Phi) is 4.27. The molecule has 0 aliphatic heterocycles. The average molecular weight is 261 g/mol. The molecule has 0 radical (unpaired) electrons. The minimum absolute atomic E-state index is 0.240. The van der Waals surface area contributed by atoms with Crippen LogP contribution in [0.15, 0.2) is 42.5 Å². The second-order valence-corrected chi connectivity index (χ2v) is 4.69. The third-order valence-corrected chi connectivity index (χ3v) is 3.28. The van der Waals surface area contributed by atoms with E-state index in [-0.39, 0.29) is 11.9 Å². The fourth-order valence-electron chi connectivity index (χ4n) is 2.03. The molecule has 0 spiro atoms. The van der Waals surface area contributed by atoms with E-state index in [1.54, 1.807) is 0 Å². The zero-order valence-electron chi connectivity index (χ0n) is 11.1. The molecule has 0 amide bonds. The molecule has 2 aromatic carbocycles. The van der Waals surface area contributed by atoms with Gasteiger partial charge in [-0.05, 0) is 43.2 Å². The van der Waals surface area contributed by atoms with Crippen molar-refractivity contribution < 1.29 is 8.78 Å². The molecule has 0 saturated carbocycles. The summed E-state index contributed by atoms with van der Waals surface area (Å²) in [4.78, 5) is 0. The molecule has 2 rings (SSSR count). The van der Waals surface area contributed by atoms with Crippen LogP contribution >= 0.6 is 0 Å². The number of aryl methyl sites for hydroxylation is 1. The molecular weight excluding hydrogens is 244 g/mol. The summed E-state index contributed by atoms with van der Waals surface area (Å²) in [5, 5.41) is 3.22. The molecule has 2 aromatic rings. The monoisotopic (exact) mass is 261 g/mol. The van der Waals surface area contributed by atoms with Crippen LogP contribution in [0.5, 0.6) is 0 Å². The van der Waals surface area contributed by atoms with Crippen molar-refractivity contribution in [2.45, 2.75) is 26.4 Å². The molecule has 0 aromatic heterocycles. The van der Waals surface area contributed by atoms with Crippen molar-refractivity contribution >= 4 is 0 Å². The van der Waals surface area contributed by atoms with Gasteiger partial charge in [-0.25, -0.2) is 8.78 Å². The van der Waals surface area contributed by atoms with Gasteiger partial charge in [0, 0.05) is 18.2 Å². The van der Waals surface area contributed by atoms with Gasteiger partial charge in [0.25, 0.3) is 0 Å². The van der Waals surface area contributed by atoms with Crippen molar-refractivity contribution in [3.8, 4) is 0 Å². The summed E-state index contributed by atoms with van der Waals surface area (Å²) in [5.41, 5.74) is 2.70. The van der Waals surface area contributed by atoms with E-state index in [2.05, 4.69) is 5.32 Å². The Morgan fingerprint density at radius 3 is 2.58 bits per heavy atom. The quantitative estimate of drug-likeness (QED) is 0.872. The second-order valence-electron chi connectivity index (χ2n) is 4.69. The Morgan fingerprint density at radius 1 is 1.11 bits per heavy atom. The van der Waals surface area contributed by atoms with Gasteiger partial charge in [-0.1, -0.05) is 24.3 Å². The zero-order valence-corrected chi connectivity index (χ0v) is 11.1. The Bertz CT molecular complexity index is 566. The first kappa shape index (κ1) is 13.7. The smallest absolute Gasteiger partial charge is 0.128 e. The van der Waals surface area contributed by atoms with Gasteiger partial charge in [0.2, 0.25) is 0 Å². The van der Waals surface area contributed by atoms with Gasteiger partial charge in [-0.2, -0.15) is 0 Å². The summed E-state index contributed by atoms with van der Waals surface area (Å²) < 4.78 is 26.8. The average Bonchev–Trinajstić information content (AvgIpc) is 2.40. The van der Waals surface area contributed by atoms with Crippen LogP contribution in [-0.2, 0) is 6.54 Å². The highest BCUT2D eigenvalue weighted by atomic mass is 19.1. The summed E-state index contributed by atoms with van der Waals surface area (Å²) in [6.07, 6.45) is 0. The van der Waals surface area contributed by atoms with Crippen molar-refractivity contribution in [1.29, 1.82) is 0 Å². The molecule has 3 heteroatoms. The SMILES string of the molecule is Cc1ccccc1CNC(C)c1cc(F)ccc1F. The zero-order chi connectivity index (χ0) is 13.8. The molecule has 0 fully saturated rings. The fraction of sp³-hybridized carbons (Fsp3) is 0.250. The van der Waals surface area contributed by atoms with E-state index >= 15 is 0 Å². The first-order valence-electron chi connectivity index (χ1n) is 6.31. The van der Waals surface area contributed by atoms with Crippen LogP contribution in [0, 0.1) is 18.6 Å². The molecule has 1 nitrogen and oxygen atoms in total. The maximum Gasteiger partial charge on any atom is 0.128 e. The van der Waals surface area contributed by atoms with Crippen molar-refractivity contribution in [1.82, 2.24) is 5.32 Å². The molecule has 1 atom stereocenters. The van der Waals surface area contributed by atoms with Crippen molar-refractivity contribution in [3.05, 3.63) is 70.8 Å². The number of hydrogen-bond acceptors (Lipinski definition) is 1. The van der Waals surface area contributed by atoms with Crippen LogP contribution in [-0.4, -0.2) is 0 Å². The highest BCUT2D eigenvalue weighted by molar-refractivity contribution is 5.26. The molecule has 0 saturated heterocycles. The summed E-state index contributed by atoms with van der Waals surface area (Å²) in [6, 6.07) is 11.3. The third kappa shape index (κ3) is 3.38. The normalized spacial score (nSPS) is 12.4. The lowest BCUT2D eigenvalue weighted by Gasteiger charge is -2.16. The van der Waals surface area contributed by atoms with Gasteiger partial charge in [0.1, 0.15) is 11.6 Å². The van der Waals surface area contributed by atoms with Crippen LogP contribution in [0.25, 0.3) is 0 Å². The fourth-order valence-corrected chi connectivity index (χ4v) is 2.03. The highest BCUT2D eigenvalue weighted by Gasteiger charge is 2.11. The van der Waals surface area contributed by atoms with E-state index in [1.165, 1.54) is 11.6 Å². The van der Waals surface area contributed by atoms with Crippen LogP contribution in [0.3, 0.4) is 0 Å². The predicted molar refractivity (Wildman–Crippen MR) is 72.8 cm³/mol. The van der Waals surface area contributed by atoms with E-state index in [1.807, 2.05) is 38.1 Å². The van der Waals surface area contributed by atoms with Crippen molar-refractivity contribution in [2.75, 3.05) is 0 Å². The van der Waals surface area contributed by atoms with Crippen LogP contribution in [0.1, 0.15) is 29.7 Å².